The minimum absolute atomic E-state index is 0.0579. The van der Waals surface area contributed by atoms with Gasteiger partial charge < -0.3 is 14.2 Å². The maximum atomic E-state index is 13.2. The number of nitrogens with zero attached hydrogens (tertiary/aromatic N) is 4. The quantitative estimate of drug-likeness (QED) is 0.490. The largest absolute Gasteiger partial charge is 0.383 e. The number of amides is 1. The summed E-state index contributed by atoms with van der Waals surface area (Å²) in [6.07, 6.45) is 3.93. The van der Waals surface area contributed by atoms with Crippen LogP contribution in [0.25, 0.3) is 11.8 Å². The number of carbonyl (C=O) groups excluding carboxylic acids is 1. The van der Waals surface area contributed by atoms with Crippen molar-refractivity contribution in [3.05, 3.63) is 83.5 Å². The highest BCUT2D eigenvalue weighted by Crippen LogP contribution is 2.34. The van der Waals surface area contributed by atoms with Gasteiger partial charge in [-0.15, -0.1) is 0 Å². The first-order valence-corrected chi connectivity index (χ1v) is 11.2. The molecule has 2 aromatic carbocycles. The van der Waals surface area contributed by atoms with Crippen LogP contribution in [0.3, 0.4) is 0 Å². The van der Waals surface area contributed by atoms with Gasteiger partial charge in [-0.3, -0.25) is 9.69 Å². The first kappa shape index (κ1) is 21.9. The minimum atomic E-state index is -0.0579. The average molecular weight is 447 g/mol. The van der Waals surface area contributed by atoms with Crippen molar-refractivity contribution >= 4 is 40.3 Å². The van der Waals surface area contributed by atoms with Crippen molar-refractivity contribution in [1.29, 1.82) is 0 Å². The molecule has 0 spiro atoms. The number of aliphatic imine (C=N–C) groups is 1. The SMILES string of the molecule is COCCN1C(=O)/C(=C/c2cccn2-c2ccc(N(C)C)cc2)SC1=Nc1ccccc1. The highest BCUT2D eigenvalue weighted by atomic mass is 32.2. The van der Waals surface area contributed by atoms with Crippen LogP contribution in [0, 0.1) is 0 Å². The first-order valence-electron chi connectivity index (χ1n) is 10.4. The van der Waals surface area contributed by atoms with Gasteiger partial charge in [0.05, 0.1) is 23.7 Å². The molecule has 6 nitrogen and oxygen atoms in total. The summed E-state index contributed by atoms with van der Waals surface area (Å²) >= 11 is 1.39. The highest BCUT2D eigenvalue weighted by Gasteiger charge is 2.33. The Morgan fingerprint density at radius 1 is 1.03 bits per heavy atom. The Hall–Kier alpha value is -3.29. The molecule has 1 aliphatic rings. The number of benzene rings is 2. The van der Waals surface area contributed by atoms with E-state index in [1.54, 1.807) is 12.0 Å². The van der Waals surface area contributed by atoms with E-state index in [1.165, 1.54) is 11.8 Å². The fraction of sp³-hybridized carbons (Fsp3) is 0.200. The summed E-state index contributed by atoms with van der Waals surface area (Å²) in [5, 5.41) is 0.665. The van der Waals surface area contributed by atoms with Gasteiger partial charge in [-0.1, -0.05) is 18.2 Å². The van der Waals surface area contributed by atoms with Crippen LogP contribution in [0.4, 0.5) is 11.4 Å². The molecule has 1 saturated heterocycles. The molecule has 0 bridgehead atoms. The third kappa shape index (κ3) is 4.79. The zero-order chi connectivity index (χ0) is 22.5. The minimum Gasteiger partial charge on any atom is -0.383 e. The molecule has 0 aliphatic carbocycles. The molecule has 3 aromatic rings. The average Bonchev–Trinajstić information content (AvgIpc) is 3.38. The maximum absolute atomic E-state index is 13.2. The van der Waals surface area contributed by atoms with E-state index in [0.717, 1.165) is 22.8 Å². The lowest BCUT2D eigenvalue weighted by molar-refractivity contribution is -0.122. The molecule has 2 heterocycles. The number of para-hydroxylation sites is 1. The Morgan fingerprint density at radius 3 is 2.47 bits per heavy atom. The number of methoxy groups -OCH3 is 1. The zero-order valence-corrected chi connectivity index (χ0v) is 19.2. The predicted molar refractivity (Wildman–Crippen MR) is 133 cm³/mol. The number of rotatable bonds is 7. The van der Waals surface area contributed by atoms with Crippen molar-refractivity contribution in [3.8, 4) is 5.69 Å². The number of aromatic nitrogens is 1. The number of anilines is 1. The third-order valence-corrected chi connectivity index (χ3v) is 6.10. The smallest absolute Gasteiger partial charge is 0.266 e. The Kier molecular flexibility index (Phi) is 6.78. The van der Waals surface area contributed by atoms with Gasteiger partial charge >= 0.3 is 0 Å². The van der Waals surface area contributed by atoms with Crippen LogP contribution in [0.5, 0.6) is 0 Å². The van der Waals surface area contributed by atoms with Crippen LogP contribution in [0.1, 0.15) is 5.69 Å². The molecule has 32 heavy (non-hydrogen) atoms. The van der Waals surface area contributed by atoms with Gasteiger partial charge in [-0.25, -0.2) is 4.99 Å². The van der Waals surface area contributed by atoms with Crippen molar-refractivity contribution < 1.29 is 9.53 Å². The normalized spacial score (nSPS) is 16.3. The number of ether oxygens (including phenoxy) is 1. The van der Waals surface area contributed by atoms with Crippen LogP contribution in [0.15, 0.2) is 82.8 Å². The molecule has 0 saturated carbocycles. The molecule has 1 aliphatic heterocycles. The van der Waals surface area contributed by atoms with E-state index in [4.69, 9.17) is 9.73 Å². The Balaban J connectivity index is 1.65. The second-order valence-electron chi connectivity index (χ2n) is 7.50. The Bertz CT molecular complexity index is 1130. The Labute approximate surface area is 192 Å². The van der Waals surface area contributed by atoms with Gasteiger partial charge in [0.1, 0.15) is 0 Å². The third-order valence-electron chi connectivity index (χ3n) is 5.09. The number of thioether (sulfide) groups is 1. The van der Waals surface area contributed by atoms with Gasteiger partial charge in [-0.05, 0) is 66.4 Å². The van der Waals surface area contributed by atoms with E-state index in [0.29, 0.717) is 23.2 Å². The highest BCUT2D eigenvalue weighted by molar-refractivity contribution is 8.18. The number of carbonyl (C=O) groups is 1. The van der Waals surface area contributed by atoms with E-state index >= 15 is 0 Å². The molecule has 7 heteroatoms. The van der Waals surface area contributed by atoms with E-state index in [2.05, 4.69) is 33.7 Å². The van der Waals surface area contributed by atoms with Gasteiger partial charge in [0, 0.05) is 44.5 Å². The monoisotopic (exact) mass is 446 g/mol. The second-order valence-corrected chi connectivity index (χ2v) is 8.51. The molecule has 1 fully saturated rings. The summed E-state index contributed by atoms with van der Waals surface area (Å²) in [5.74, 6) is -0.0579. The maximum Gasteiger partial charge on any atom is 0.266 e. The second kappa shape index (κ2) is 9.89. The molecular weight excluding hydrogens is 420 g/mol. The van der Waals surface area contributed by atoms with Crippen LogP contribution >= 0.6 is 11.8 Å². The lowest BCUT2D eigenvalue weighted by Crippen LogP contribution is -2.32. The van der Waals surface area contributed by atoms with E-state index in [9.17, 15) is 4.79 Å². The number of hydrogen-bond acceptors (Lipinski definition) is 5. The molecule has 4 rings (SSSR count). The van der Waals surface area contributed by atoms with Gasteiger partial charge in [0.25, 0.3) is 5.91 Å². The Morgan fingerprint density at radius 2 is 1.78 bits per heavy atom. The topological polar surface area (TPSA) is 50.1 Å². The predicted octanol–water partition coefficient (Wildman–Crippen LogP) is 4.79. The van der Waals surface area contributed by atoms with E-state index in [1.807, 2.05) is 68.8 Å². The van der Waals surface area contributed by atoms with Gasteiger partial charge in [-0.2, -0.15) is 0 Å². The summed E-state index contributed by atoms with van der Waals surface area (Å²) in [6.45, 7) is 0.903. The summed E-state index contributed by atoms with van der Waals surface area (Å²) < 4.78 is 7.29. The van der Waals surface area contributed by atoms with Crippen LogP contribution < -0.4 is 4.90 Å². The molecule has 164 valence electrons. The molecule has 0 unspecified atom stereocenters. The van der Waals surface area contributed by atoms with Crippen LogP contribution in [-0.4, -0.2) is 54.9 Å². The molecular formula is C25H26N4O2S. The van der Waals surface area contributed by atoms with Gasteiger partial charge in [0.15, 0.2) is 5.17 Å². The number of amidine groups is 1. The molecule has 1 aromatic heterocycles. The van der Waals surface area contributed by atoms with E-state index < -0.39 is 0 Å². The lowest BCUT2D eigenvalue weighted by Gasteiger charge is -2.14. The lowest BCUT2D eigenvalue weighted by atomic mass is 10.2. The molecule has 0 radical (unpaired) electrons. The standard InChI is InChI=1S/C25H26N4O2S/c1-27(2)20-11-13-21(14-12-20)28-15-7-10-22(28)18-23-24(30)29(16-17-31-3)25(32-23)26-19-8-5-4-6-9-19/h4-15,18H,16-17H2,1-3H3/b23-18-,26-25?. The number of hydrogen-bond donors (Lipinski definition) is 0. The molecule has 1 amide bonds. The van der Waals surface area contributed by atoms with Gasteiger partial charge in [0.2, 0.25) is 0 Å². The first-order chi connectivity index (χ1) is 15.6. The summed E-state index contributed by atoms with van der Waals surface area (Å²) in [6, 6.07) is 22.0. The summed E-state index contributed by atoms with van der Waals surface area (Å²) in [4.78, 5) is 22.3. The van der Waals surface area contributed by atoms with Crippen molar-refractivity contribution in [2.75, 3.05) is 39.3 Å². The summed E-state index contributed by atoms with van der Waals surface area (Å²) in [7, 11) is 5.67. The molecule has 0 atom stereocenters. The summed E-state index contributed by atoms with van der Waals surface area (Å²) in [5.41, 5.74) is 3.93. The van der Waals surface area contributed by atoms with Crippen molar-refractivity contribution in [2.45, 2.75) is 0 Å². The fourth-order valence-electron chi connectivity index (χ4n) is 3.38. The fourth-order valence-corrected chi connectivity index (χ4v) is 4.39. The van der Waals surface area contributed by atoms with Crippen LogP contribution in [-0.2, 0) is 9.53 Å². The van der Waals surface area contributed by atoms with Crippen LogP contribution in [0.2, 0.25) is 0 Å². The molecule has 0 N–H and O–H groups in total. The van der Waals surface area contributed by atoms with Crippen molar-refractivity contribution in [1.82, 2.24) is 9.47 Å². The van der Waals surface area contributed by atoms with E-state index in [-0.39, 0.29) is 5.91 Å². The zero-order valence-electron chi connectivity index (χ0n) is 18.4. The van der Waals surface area contributed by atoms with Crippen molar-refractivity contribution in [2.24, 2.45) is 4.99 Å². The van der Waals surface area contributed by atoms with Crippen molar-refractivity contribution in [3.63, 3.8) is 0 Å².